The van der Waals surface area contributed by atoms with Crippen LogP contribution < -0.4 is 15.2 Å². The molecule has 0 N–H and O–H groups in total. The zero-order chi connectivity index (χ0) is 30.6. The van der Waals surface area contributed by atoms with Gasteiger partial charge < -0.3 is 4.74 Å². The Balaban J connectivity index is 0.992. The highest BCUT2D eigenvalue weighted by molar-refractivity contribution is 6.06. The van der Waals surface area contributed by atoms with Crippen molar-refractivity contribution in [3.63, 3.8) is 0 Å². The van der Waals surface area contributed by atoms with E-state index in [0.717, 1.165) is 17.1 Å². The first-order valence-electron chi connectivity index (χ1n) is 16.5. The Hall–Kier alpha value is -5.92. The highest BCUT2D eigenvalue weighted by Crippen LogP contribution is 2.51. The van der Waals surface area contributed by atoms with Gasteiger partial charge in [-0.2, -0.15) is 0 Å². The van der Waals surface area contributed by atoms with Crippen molar-refractivity contribution in [1.29, 1.82) is 0 Å². The molecule has 0 saturated carbocycles. The average molecular weight is 597 g/mol. The molecule has 8 aromatic carbocycles. The molecule has 1 aliphatic heterocycles. The molecule has 2 unspecified atom stereocenters. The van der Waals surface area contributed by atoms with Gasteiger partial charge in [-0.25, -0.2) is 0 Å². The lowest BCUT2D eigenvalue weighted by atomic mass is 9.85. The Labute approximate surface area is 272 Å². The van der Waals surface area contributed by atoms with Crippen LogP contribution in [-0.2, 0) is 0 Å². The van der Waals surface area contributed by atoms with E-state index in [1.54, 1.807) is 0 Å². The van der Waals surface area contributed by atoms with E-state index in [1.807, 2.05) is 0 Å². The molecule has 0 fully saturated rings. The van der Waals surface area contributed by atoms with E-state index in [1.165, 1.54) is 81.7 Å². The highest BCUT2D eigenvalue weighted by atomic mass is 16.5. The van der Waals surface area contributed by atoms with Gasteiger partial charge in [0.2, 0.25) is 0 Å². The van der Waals surface area contributed by atoms with Crippen LogP contribution in [0.3, 0.4) is 0 Å². The van der Waals surface area contributed by atoms with E-state index in [4.69, 9.17) is 4.74 Å². The zero-order valence-corrected chi connectivity index (χ0v) is 25.6. The fourth-order valence-corrected chi connectivity index (χ4v) is 8.58. The van der Waals surface area contributed by atoms with Crippen LogP contribution in [0.25, 0.3) is 77.9 Å². The molecule has 8 aromatic rings. The van der Waals surface area contributed by atoms with Crippen molar-refractivity contribution in [1.82, 2.24) is 0 Å². The molecule has 2 aliphatic carbocycles. The fourth-order valence-electron chi connectivity index (χ4n) is 8.58. The molecule has 0 spiro atoms. The first-order valence-corrected chi connectivity index (χ1v) is 16.5. The normalized spacial score (nSPS) is 16.6. The molecule has 3 aliphatic rings. The summed E-state index contributed by atoms with van der Waals surface area (Å²) < 4.78 is 6.35. The van der Waals surface area contributed by atoms with E-state index in [9.17, 15) is 0 Å². The molecular formula is C46H28O. The molecule has 1 nitrogen and oxygen atoms in total. The van der Waals surface area contributed by atoms with E-state index >= 15 is 0 Å². The first kappa shape index (κ1) is 25.3. The summed E-state index contributed by atoms with van der Waals surface area (Å²) in [5, 5.41) is 10.4. The Kier molecular flexibility index (Phi) is 5.01. The predicted molar refractivity (Wildman–Crippen MR) is 195 cm³/mol. The van der Waals surface area contributed by atoms with Gasteiger partial charge in [0.25, 0.3) is 0 Å². The molecule has 0 aromatic heterocycles. The topological polar surface area (TPSA) is 9.23 Å². The smallest absolute Gasteiger partial charge is 0.135 e. The number of benzene rings is 8. The number of fused-ring (bicyclic) bond motifs is 7. The van der Waals surface area contributed by atoms with Gasteiger partial charge in [-0.05, 0) is 107 Å². The summed E-state index contributed by atoms with van der Waals surface area (Å²) in [5.41, 5.74) is 10.3. The molecule has 11 rings (SSSR count). The van der Waals surface area contributed by atoms with Gasteiger partial charge in [-0.15, -0.1) is 0 Å². The van der Waals surface area contributed by atoms with E-state index in [2.05, 4.69) is 158 Å². The molecule has 0 saturated heterocycles. The molecule has 0 amide bonds. The van der Waals surface area contributed by atoms with Gasteiger partial charge in [0.05, 0.1) is 0 Å². The molecular weight excluding hydrogens is 569 g/mol. The number of ether oxygens (including phenoxy) is 1. The second-order valence-electron chi connectivity index (χ2n) is 13.2. The minimum absolute atomic E-state index is 0.395. The summed E-state index contributed by atoms with van der Waals surface area (Å²) in [5.74, 6) is 2.63. The number of hydrogen-bond acceptors (Lipinski definition) is 1. The first-order chi connectivity index (χ1) is 23.3. The van der Waals surface area contributed by atoms with Crippen LogP contribution in [0.2, 0.25) is 0 Å². The van der Waals surface area contributed by atoms with Crippen LogP contribution in [-0.4, -0.2) is 0 Å². The SMILES string of the molecule is C1=c2ccccc2=CC2c3ccc(-c4ccc5cc(-c6ccc7c(c6)-c6cccc8cccc(c68)O7)ccc5c4)c4cccc(c34)C12. The molecule has 218 valence electrons. The lowest BCUT2D eigenvalue weighted by Crippen LogP contribution is -2.29. The van der Waals surface area contributed by atoms with Crippen LogP contribution in [0.1, 0.15) is 23.0 Å². The largest absolute Gasteiger partial charge is 0.456 e. The Bertz CT molecular complexity index is 2730. The summed E-state index contributed by atoms with van der Waals surface area (Å²) in [6.45, 7) is 0. The summed E-state index contributed by atoms with van der Waals surface area (Å²) in [6.07, 6.45) is 4.97. The van der Waals surface area contributed by atoms with E-state index < -0.39 is 0 Å². The maximum atomic E-state index is 6.35. The van der Waals surface area contributed by atoms with Gasteiger partial charge in [-0.3, -0.25) is 0 Å². The summed E-state index contributed by atoms with van der Waals surface area (Å²) >= 11 is 0. The molecule has 1 heterocycles. The molecule has 2 atom stereocenters. The summed E-state index contributed by atoms with van der Waals surface area (Å²) in [7, 11) is 0. The maximum Gasteiger partial charge on any atom is 0.135 e. The van der Waals surface area contributed by atoms with Crippen LogP contribution in [0.4, 0.5) is 0 Å². The lowest BCUT2D eigenvalue weighted by molar-refractivity contribution is 0.487. The minimum atomic E-state index is 0.395. The van der Waals surface area contributed by atoms with Gasteiger partial charge in [0.15, 0.2) is 0 Å². The van der Waals surface area contributed by atoms with Crippen LogP contribution in [0.15, 0.2) is 146 Å². The monoisotopic (exact) mass is 596 g/mol. The van der Waals surface area contributed by atoms with Gasteiger partial charge in [0, 0.05) is 22.8 Å². The summed E-state index contributed by atoms with van der Waals surface area (Å²) in [4.78, 5) is 0. The van der Waals surface area contributed by atoms with Crippen molar-refractivity contribution in [2.45, 2.75) is 11.8 Å². The molecule has 1 heteroatoms. The van der Waals surface area contributed by atoms with Crippen molar-refractivity contribution in [3.8, 4) is 44.9 Å². The van der Waals surface area contributed by atoms with Crippen molar-refractivity contribution < 1.29 is 4.74 Å². The quantitative estimate of drug-likeness (QED) is 0.193. The van der Waals surface area contributed by atoms with Gasteiger partial charge >= 0.3 is 0 Å². The van der Waals surface area contributed by atoms with E-state index in [0.29, 0.717) is 11.8 Å². The maximum absolute atomic E-state index is 6.35. The lowest BCUT2D eigenvalue weighted by Gasteiger charge is -2.22. The second kappa shape index (κ2) is 9.31. The van der Waals surface area contributed by atoms with Crippen LogP contribution in [0.5, 0.6) is 11.5 Å². The molecule has 0 bridgehead atoms. The van der Waals surface area contributed by atoms with Crippen LogP contribution in [0, 0.1) is 0 Å². The third kappa shape index (κ3) is 3.60. The van der Waals surface area contributed by atoms with Gasteiger partial charge in [0.1, 0.15) is 11.5 Å². The van der Waals surface area contributed by atoms with Crippen molar-refractivity contribution in [2.75, 3.05) is 0 Å². The fraction of sp³-hybridized carbons (Fsp3) is 0.0435. The third-order valence-electron chi connectivity index (χ3n) is 10.8. The molecule has 0 radical (unpaired) electrons. The number of rotatable bonds is 2. The van der Waals surface area contributed by atoms with Crippen molar-refractivity contribution >= 4 is 44.5 Å². The Morgan fingerprint density at radius 2 is 1.06 bits per heavy atom. The Morgan fingerprint density at radius 1 is 0.383 bits per heavy atom. The standard InChI is InChI=1S/C46H28O/c1-2-7-29-25-41-39-20-19-35(36-11-5-12-37(46(36)39)40(41)24-28(29)6-1)34-17-16-30-22-31(14-15-32(30)23-34)33-18-21-43-42(26-33)38-10-3-8-27-9-4-13-44(47-43)45(27)38/h1-26,40-41H. The van der Waals surface area contributed by atoms with Crippen molar-refractivity contribution in [2.24, 2.45) is 0 Å². The number of hydrogen-bond donors (Lipinski definition) is 0. The zero-order valence-electron chi connectivity index (χ0n) is 25.6. The highest BCUT2D eigenvalue weighted by Gasteiger charge is 2.33. The average Bonchev–Trinajstić information content (AvgIpc) is 3.44. The summed E-state index contributed by atoms with van der Waals surface area (Å²) in [6, 6.07) is 53.6. The second-order valence-corrected chi connectivity index (χ2v) is 13.2. The van der Waals surface area contributed by atoms with Crippen LogP contribution >= 0.6 is 0 Å². The molecule has 47 heavy (non-hydrogen) atoms. The Morgan fingerprint density at radius 3 is 1.89 bits per heavy atom. The minimum Gasteiger partial charge on any atom is -0.456 e. The van der Waals surface area contributed by atoms with E-state index in [-0.39, 0.29) is 0 Å². The predicted octanol–water partition coefficient (Wildman–Crippen LogP) is 10.7. The van der Waals surface area contributed by atoms with Crippen molar-refractivity contribution in [3.05, 3.63) is 167 Å². The van der Waals surface area contributed by atoms with Gasteiger partial charge in [-0.1, -0.05) is 127 Å². The third-order valence-corrected chi connectivity index (χ3v) is 10.8.